The van der Waals surface area contributed by atoms with E-state index >= 15 is 0 Å². The molecule has 0 aromatic carbocycles. The van der Waals surface area contributed by atoms with Crippen LogP contribution in [0.2, 0.25) is 0 Å². The summed E-state index contributed by atoms with van der Waals surface area (Å²) in [6.07, 6.45) is 2.29. The first kappa shape index (κ1) is 12.0. The summed E-state index contributed by atoms with van der Waals surface area (Å²) in [5.41, 5.74) is -0.771. The van der Waals surface area contributed by atoms with E-state index < -0.39 is 5.54 Å². The van der Waals surface area contributed by atoms with Crippen molar-refractivity contribution in [3.05, 3.63) is 16.6 Å². The van der Waals surface area contributed by atoms with E-state index in [4.69, 9.17) is 0 Å². The molecule has 1 fully saturated rings. The van der Waals surface area contributed by atoms with Gasteiger partial charge in [0.05, 0.1) is 6.54 Å². The van der Waals surface area contributed by atoms with Crippen molar-refractivity contribution in [3.8, 4) is 0 Å². The van der Waals surface area contributed by atoms with Crippen LogP contribution in [0.4, 0.5) is 0 Å². The summed E-state index contributed by atoms with van der Waals surface area (Å²) in [4.78, 5) is 29.5. The van der Waals surface area contributed by atoms with Crippen LogP contribution in [0.25, 0.3) is 0 Å². The fourth-order valence-electron chi connectivity index (χ4n) is 1.86. The number of rotatable bonds is 3. The lowest BCUT2D eigenvalue weighted by Gasteiger charge is -2.38. The molecule has 2 rings (SSSR count). The molecule has 1 atom stereocenters. The molecule has 0 saturated carbocycles. The van der Waals surface area contributed by atoms with Gasteiger partial charge in [0, 0.05) is 11.6 Å². The van der Waals surface area contributed by atoms with Crippen LogP contribution in [0.3, 0.4) is 0 Å². The molecule has 17 heavy (non-hydrogen) atoms. The first-order valence-electron chi connectivity index (χ1n) is 5.54. The zero-order valence-corrected chi connectivity index (χ0v) is 10.7. The van der Waals surface area contributed by atoms with Gasteiger partial charge < -0.3 is 10.2 Å². The third-order valence-corrected chi connectivity index (χ3v) is 3.79. The molecular formula is C11H15N3O2S. The van der Waals surface area contributed by atoms with Gasteiger partial charge in [0.2, 0.25) is 11.8 Å². The molecular weight excluding hydrogens is 238 g/mol. The number of amides is 2. The molecule has 0 bridgehead atoms. The van der Waals surface area contributed by atoms with E-state index in [1.54, 1.807) is 18.0 Å². The Balaban J connectivity index is 2.16. The topological polar surface area (TPSA) is 62.3 Å². The van der Waals surface area contributed by atoms with Crippen molar-refractivity contribution in [3.63, 3.8) is 0 Å². The Hall–Kier alpha value is -1.43. The van der Waals surface area contributed by atoms with E-state index in [0.717, 1.165) is 5.01 Å². The van der Waals surface area contributed by atoms with Gasteiger partial charge in [0.15, 0.2) is 0 Å². The number of nitrogens with zero attached hydrogens (tertiary/aromatic N) is 2. The Morgan fingerprint density at radius 3 is 2.94 bits per heavy atom. The van der Waals surface area contributed by atoms with Crippen LogP contribution in [0.1, 0.15) is 25.3 Å². The Kier molecular flexibility index (Phi) is 3.15. The third-order valence-electron chi connectivity index (χ3n) is 3.03. The number of piperazine rings is 1. The number of carbonyl (C=O) groups is 2. The largest absolute Gasteiger partial charge is 0.340 e. The molecule has 2 heterocycles. The van der Waals surface area contributed by atoms with Gasteiger partial charge in [0.25, 0.3) is 0 Å². The summed E-state index contributed by atoms with van der Waals surface area (Å²) in [6.45, 7) is 4.19. The average Bonchev–Trinajstić information content (AvgIpc) is 2.78. The number of nitrogens with one attached hydrogen (secondary N) is 1. The van der Waals surface area contributed by atoms with Crippen molar-refractivity contribution in [2.75, 3.05) is 6.54 Å². The van der Waals surface area contributed by atoms with Crippen molar-refractivity contribution in [1.82, 2.24) is 15.2 Å². The minimum Gasteiger partial charge on any atom is -0.340 e. The molecule has 1 aliphatic heterocycles. The summed E-state index contributed by atoms with van der Waals surface area (Å²) in [6, 6.07) is 0. The minimum atomic E-state index is -0.771. The maximum atomic E-state index is 12.2. The van der Waals surface area contributed by atoms with E-state index in [2.05, 4.69) is 10.3 Å². The highest BCUT2D eigenvalue weighted by atomic mass is 32.1. The first-order valence-corrected chi connectivity index (χ1v) is 6.42. The molecule has 1 aliphatic rings. The smallest absolute Gasteiger partial charge is 0.248 e. The molecule has 1 aromatic heterocycles. The van der Waals surface area contributed by atoms with Crippen LogP contribution >= 0.6 is 11.3 Å². The molecule has 1 aromatic rings. The SMILES string of the molecule is CCC1(C)NC(=O)CN(Cc2nccs2)C1=O. The average molecular weight is 253 g/mol. The molecule has 5 nitrogen and oxygen atoms in total. The van der Waals surface area contributed by atoms with Gasteiger partial charge >= 0.3 is 0 Å². The predicted octanol–water partition coefficient (Wildman–Crippen LogP) is 0.770. The summed E-state index contributed by atoms with van der Waals surface area (Å²) in [5, 5.41) is 5.47. The van der Waals surface area contributed by atoms with Crippen LogP contribution < -0.4 is 5.32 Å². The van der Waals surface area contributed by atoms with Gasteiger partial charge in [-0.3, -0.25) is 9.59 Å². The normalized spacial score (nSPS) is 24.9. The molecule has 1 N–H and O–H groups in total. The second-order valence-electron chi connectivity index (χ2n) is 4.32. The highest BCUT2D eigenvalue weighted by molar-refractivity contribution is 7.09. The number of carbonyl (C=O) groups excluding carboxylic acids is 2. The maximum absolute atomic E-state index is 12.2. The third kappa shape index (κ3) is 2.31. The van der Waals surface area contributed by atoms with E-state index in [0.29, 0.717) is 13.0 Å². The Labute approximate surface area is 104 Å². The standard InChI is InChI=1S/C11H15N3O2S/c1-3-11(2)10(16)14(6-8(15)13-11)7-9-12-4-5-17-9/h4-5H,3,6-7H2,1-2H3,(H,13,15). The molecule has 1 saturated heterocycles. The summed E-state index contributed by atoms with van der Waals surface area (Å²) in [7, 11) is 0. The van der Waals surface area contributed by atoms with Crippen LogP contribution in [0.15, 0.2) is 11.6 Å². The molecule has 1 unspecified atom stereocenters. The summed E-state index contributed by atoms with van der Waals surface area (Å²) >= 11 is 1.49. The second kappa shape index (κ2) is 4.44. The first-order chi connectivity index (χ1) is 8.05. The van der Waals surface area contributed by atoms with E-state index in [1.807, 2.05) is 12.3 Å². The highest BCUT2D eigenvalue weighted by Crippen LogP contribution is 2.20. The lowest BCUT2D eigenvalue weighted by molar-refractivity contribution is -0.149. The predicted molar refractivity (Wildman–Crippen MR) is 64.4 cm³/mol. The Morgan fingerprint density at radius 2 is 2.35 bits per heavy atom. The maximum Gasteiger partial charge on any atom is 0.248 e. The lowest BCUT2D eigenvalue weighted by Crippen LogP contribution is -2.64. The van der Waals surface area contributed by atoms with Crippen LogP contribution in [-0.4, -0.2) is 33.8 Å². The van der Waals surface area contributed by atoms with Gasteiger partial charge in [-0.1, -0.05) is 6.92 Å². The van der Waals surface area contributed by atoms with Crippen LogP contribution in [-0.2, 0) is 16.1 Å². The van der Waals surface area contributed by atoms with Crippen molar-refractivity contribution >= 4 is 23.2 Å². The van der Waals surface area contributed by atoms with E-state index in [-0.39, 0.29) is 18.4 Å². The number of hydrogen-bond acceptors (Lipinski definition) is 4. The quantitative estimate of drug-likeness (QED) is 0.865. The highest BCUT2D eigenvalue weighted by Gasteiger charge is 2.41. The van der Waals surface area contributed by atoms with Crippen molar-refractivity contribution in [1.29, 1.82) is 0 Å². The van der Waals surface area contributed by atoms with Gasteiger partial charge in [-0.15, -0.1) is 11.3 Å². The molecule has 92 valence electrons. The Morgan fingerprint density at radius 1 is 1.59 bits per heavy atom. The zero-order valence-electron chi connectivity index (χ0n) is 9.90. The van der Waals surface area contributed by atoms with Crippen molar-refractivity contribution in [2.24, 2.45) is 0 Å². The summed E-state index contributed by atoms with van der Waals surface area (Å²) in [5.74, 6) is -0.139. The lowest BCUT2D eigenvalue weighted by atomic mass is 9.94. The number of hydrogen-bond donors (Lipinski definition) is 1. The van der Waals surface area contributed by atoms with E-state index in [1.165, 1.54) is 11.3 Å². The fraction of sp³-hybridized carbons (Fsp3) is 0.545. The van der Waals surface area contributed by atoms with Crippen LogP contribution in [0.5, 0.6) is 0 Å². The van der Waals surface area contributed by atoms with Crippen molar-refractivity contribution < 1.29 is 9.59 Å². The fourth-order valence-corrected chi connectivity index (χ4v) is 2.49. The van der Waals surface area contributed by atoms with Crippen molar-refractivity contribution in [2.45, 2.75) is 32.4 Å². The second-order valence-corrected chi connectivity index (χ2v) is 5.30. The molecule has 0 spiro atoms. The molecule has 0 aliphatic carbocycles. The van der Waals surface area contributed by atoms with E-state index in [9.17, 15) is 9.59 Å². The van der Waals surface area contributed by atoms with Gasteiger partial charge in [-0.2, -0.15) is 0 Å². The monoisotopic (exact) mass is 253 g/mol. The zero-order chi connectivity index (χ0) is 12.5. The Bertz CT molecular complexity index is 432. The molecule has 2 amide bonds. The summed E-state index contributed by atoms with van der Waals surface area (Å²) < 4.78 is 0. The van der Waals surface area contributed by atoms with Crippen LogP contribution in [0, 0.1) is 0 Å². The number of aromatic nitrogens is 1. The molecule has 0 radical (unpaired) electrons. The van der Waals surface area contributed by atoms with Gasteiger partial charge in [0.1, 0.15) is 17.1 Å². The van der Waals surface area contributed by atoms with Gasteiger partial charge in [-0.05, 0) is 13.3 Å². The van der Waals surface area contributed by atoms with Gasteiger partial charge in [-0.25, -0.2) is 4.98 Å². The minimum absolute atomic E-state index is 0.0326. The molecule has 6 heteroatoms. The number of thiazole rings is 1.